The quantitative estimate of drug-likeness (QED) is 0.515. The molecule has 1 N–H and O–H groups in total. The fourth-order valence-electron chi connectivity index (χ4n) is 1.37. The van der Waals surface area contributed by atoms with Crippen molar-refractivity contribution in [2.75, 3.05) is 12.3 Å². The highest BCUT2D eigenvalue weighted by Crippen LogP contribution is 2.28. The predicted octanol–water partition coefficient (Wildman–Crippen LogP) is 3.23. The highest BCUT2D eigenvalue weighted by Gasteiger charge is 2.19. The van der Waals surface area contributed by atoms with E-state index < -0.39 is 4.92 Å². The van der Waals surface area contributed by atoms with E-state index in [2.05, 4.69) is 26.1 Å². The standard InChI is InChI=1S/C12H18N2O3S2/c1-8-9(14(16)17)7-10(19-8)11(15)13-5-6-18-12(2,3)4/h7H,5-6H2,1-4H3,(H,13,15). The first-order chi connectivity index (χ1) is 8.70. The summed E-state index contributed by atoms with van der Waals surface area (Å²) in [5.74, 6) is 0.581. The van der Waals surface area contributed by atoms with Crippen molar-refractivity contribution in [3.8, 4) is 0 Å². The van der Waals surface area contributed by atoms with Gasteiger partial charge in [-0.05, 0) is 6.92 Å². The molecule has 0 spiro atoms. The maximum atomic E-state index is 11.8. The zero-order valence-electron chi connectivity index (χ0n) is 11.5. The lowest BCUT2D eigenvalue weighted by atomic mass is 10.3. The molecule has 0 saturated carbocycles. The molecule has 0 radical (unpaired) electrons. The molecule has 19 heavy (non-hydrogen) atoms. The number of nitrogens with zero attached hydrogens (tertiary/aromatic N) is 1. The lowest BCUT2D eigenvalue weighted by Gasteiger charge is -2.17. The van der Waals surface area contributed by atoms with Crippen molar-refractivity contribution in [3.63, 3.8) is 0 Å². The Morgan fingerprint density at radius 3 is 2.63 bits per heavy atom. The number of nitro groups is 1. The lowest BCUT2D eigenvalue weighted by Crippen LogP contribution is -2.26. The van der Waals surface area contributed by atoms with Crippen LogP contribution in [0.3, 0.4) is 0 Å². The first-order valence-electron chi connectivity index (χ1n) is 5.87. The first kappa shape index (κ1) is 16.0. The highest BCUT2D eigenvalue weighted by molar-refractivity contribution is 8.00. The van der Waals surface area contributed by atoms with Crippen LogP contribution in [0.25, 0.3) is 0 Å². The summed E-state index contributed by atoms with van der Waals surface area (Å²) in [6.07, 6.45) is 0. The van der Waals surface area contributed by atoms with Gasteiger partial charge in [0.15, 0.2) is 0 Å². The molecule has 0 saturated heterocycles. The van der Waals surface area contributed by atoms with Crippen LogP contribution in [-0.4, -0.2) is 27.9 Å². The molecule has 1 rings (SSSR count). The van der Waals surface area contributed by atoms with Crippen LogP contribution in [0, 0.1) is 17.0 Å². The molecular formula is C12H18N2O3S2. The smallest absolute Gasteiger partial charge is 0.283 e. The van der Waals surface area contributed by atoms with Crippen LogP contribution in [0.4, 0.5) is 5.69 Å². The van der Waals surface area contributed by atoms with Crippen LogP contribution in [0.15, 0.2) is 6.07 Å². The Morgan fingerprint density at radius 1 is 1.53 bits per heavy atom. The summed E-state index contributed by atoms with van der Waals surface area (Å²) in [6.45, 7) is 8.56. The highest BCUT2D eigenvalue weighted by atomic mass is 32.2. The molecule has 5 nitrogen and oxygen atoms in total. The van der Waals surface area contributed by atoms with Crippen molar-refractivity contribution in [2.45, 2.75) is 32.4 Å². The minimum atomic E-state index is -0.460. The summed E-state index contributed by atoms with van der Waals surface area (Å²) < 4.78 is 0.170. The third-order valence-corrected chi connectivity index (χ3v) is 4.55. The fraction of sp³-hybridized carbons (Fsp3) is 0.583. The number of rotatable bonds is 5. The summed E-state index contributed by atoms with van der Waals surface area (Å²) >= 11 is 2.92. The van der Waals surface area contributed by atoms with Gasteiger partial charge in [-0.1, -0.05) is 20.8 Å². The van der Waals surface area contributed by atoms with Crippen molar-refractivity contribution >= 4 is 34.7 Å². The SMILES string of the molecule is Cc1sc(C(=O)NCCSC(C)(C)C)cc1[N+](=O)[O-]. The predicted molar refractivity (Wildman–Crippen MR) is 80.3 cm³/mol. The zero-order chi connectivity index (χ0) is 14.6. The van der Waals surface area contributed by atoms with Crippen molar-refractivity contribution in [1.29, 1.82) is 0 Å². The van der Waals surface area contributed by atoms with Gasteiger partial charge in [-0.3, -0.25) is 14.9 Å². The van der Waals surface area contributed by atoms with Gasteiger partial charge in [-0.2, -0.15) is 11.8 Å². The van der Waals surface area contributed by atoms with Crippen LogP contribution in [-0.2, 0) is 0 Å². The molecule has 0 aliphatic rings. The summed E-state index contributed by atoms with van der Waals surface area (Å²) in [5, 5.41) is 13.5. The van der Waals surface area contributed by atoms with E-state index in [-0.39, 0.29) is 16.3 Å². The Kier molecular flexibility index (Phi) is 5.37. The van der Waals surface area contributed by atoms with Crippen LogP contribution in [0.1, 0.15) is 35.3 Å². The topological polar surface area (TPSA) is 72.2 Å². The molecule has 0 fully saturated rings. The number of carbonyl (C=O) groups is 1. The second-order valence-corrected chi connectivity index (χ2v) is 8.20. The van der Waals surface area contributed by atoms with E-state index in [0.717, 1.165) is 17.1 Å². The third kappa shape index (κ3) is 5.20. The molecule has 106 valence electrons. The van der Waals surface area contributed by atoms with Gasteiger partial charge in [0.25, 0.3) is 11.6 Å². The Balaban J connectivity index is 2.50. The van der Waals surface area contributed by atoms with E-state index in [4.69, 9.17) is 0 Å². The van der Waals surface area contributed by atoms with Gasteiger partial charge in [0.05, 0.1) is 14.7 Å². The molecular weight excluding hydrogens is 284 g/mol. The number of hydrogen-bond donors (Lipinski definition) is 1. The molecule has 0 aliphatic heterocycles. The average molecular weight is 302 g/mol. The van der Waals surface area contributed by atoms with Gasteiger partial charge in [0.1, 0.15) is 0 Å². The molecule has 0 atom stereocenters. The van der Waals surface area contributed by atoms with E-state index in [0.29, 0.717) is 16.3 Å². The van der Waals surface area contributed by atoms with E-state index >= 15 is 0 Å². The molecule has 0 bridgehead atoms. The summed E-state index contributed by atoms with van der Waals surface area (Å²) in [4.78, 5) is 23.0. The average Bonchev–Trinajstić information content (AvgIpc) is 2.65. The number of hydrogen-bond acceptors (Lipinski definition) is 5. The number of carbonyl (C=O) groups excluding carboxylic acids is 1. The maximum absolute atomic E-state index is 11.8. The van der Waals surface area contributed by atoms with E-state index in [1.807, 2.05) is 0 Å². The van der Waals surface area contributed by atoms with Gasteiger partial charge < -0.3 is 5.32 Å². The largest absolute Gasteiger partial charge is 0.351 e. The number of aryl methyl sites for hydroxylation is 1. The molecule has 1 aromatic heterocycles. The first-order valence-corrected chi connectivity index (χ1v) is 7.68. The fourth-order valence-corrected chi connectivity index (χ4v) is 3.09. The molecule has 1 amide bonds. The number of thioether (sulfide) groups is 1. The summed E-state index contributed by atoms with van der Waals surface area (Å²) in [7, 11) is 0. The van der Waals surface area contributed by atoms with Gasteiger partial charge >= 0.3 is 0 Å². The van der Waals surface area contributed by atoms with E-state index in [1.165, 1.54) is 6.07 Å². The number of nitrogens with one attached hydrogen (secondary N) is 1. The van der Waals surface area contributed by atoms with Crippen molar-refractivity contribution in [1.82, 2.24) is 5.32 Å². The number of thiophene rings is 1. The van der Waals surface area contributed by atoms with Gasteiger partial charge in [-0.25, -0.2) is 0 Å². The Labute approximate surface area is 120 Å². The third-order valence-electron chi connectivity index (χ3n) is 2.23. The second-order valence-electron chi connectivity index (χ2n) is 5.03. The monoisotopic (exact) mass is 302 g/mol. The maximum Gasteiger partial charge on any atom is 0.283 e. The minimum Gasteiger partial charge on any atom is -0.351 e. The number of amides is 1. The van der Waals surface area contributed by atoms with Gasteiger partial charge in [-0.15, -0.1) is 11.3 Å². The van der Waals surface area contributed by atoms with Crippen LogP contribution >= 0.6 is 23.1 Å². The summed E-state index contributed by atoms with van der Waals surface area (Å²) in [5.41, 5.74) is 0.0132. The van der Waals surface area contributed by atoms with Crippen LogP contribution in [0.5, 0.6) is 0 Å². The lowest BCUT2D eigenvalue weighted by molar-refractivity contribution is -0.385. The van der Waals surface area contributed by atoms with E-state index in [9.17, 15) is 14.9 Å². The van der Waals surface area contributed by atoms with Gasteiger partial charge in [0, 0.05) is 23.1 Å². The minimum absolute atomic E-state index is 0.0132. The van der Waals surface area contributed by atoms with Crippen LogP contribution < -0.4 is 5.32 Å². The van der Waals surface area contributed by atoms with E-state index in [1.54, 1.807) is 18.7 Å². The van der Waals surface area contributed by atoms with Crippen molar-refractivity contribution < 1.29 is 9.72 Å². The zero-order valence-corrected chi connectivity index (χ0v) is 13.1. The van der Waals surface area contributed by atoms with Crippen molar-refractivity contribution in [2.24, 2.45) is 0 Å². The Morgan fingerprint density at radius 2 is 2.16 bits per heavy atom. The molecule has 1 aromatic rings. The molecule has 0 unspecified atom stereocenters. The molecule has 7 heteroatoms. The Hall–Kier alpha value is -1.08. The summed E-state index contributed by atoms with van der Waals surface area (Å²) in [6, 6.07) is 1.34. The normalized spacial score (nSPS) is 11.4. The Bertz CT molecular complexity index is 478. The van der Waals surface area contributed by atoms with Crippen molar-refractivity contribution in [3.05, 3.63) is 25.9 Å². The van der Waals surface area contributed by atoms with Crippen LogP contribution in [0.2, 0.25) is 0 Å². The second kappa shape index (κ2) is 6.38. The molecule has 0 aromatic carbocycles. The molecule has 1 heterocycles. The molecule has 0 aliphatic carbocycles. The van der Waals surface area contributed by atoms with Gasteiger partial charge in [0.2, 0.25) is 0 Å².